The predicted molar refractivity (Wildman–Crippen MR) is 96.8 cm³/mol. The monoisotopic (exact) mass is 393 g/mol. The summed E-state index contributed by atoms with van der Waals surface area (Å²) in [6.07, 6.45) is -4.45. The number of rotatable bonds is 2. The van der Waals surface area contributed by atoms with Crippen LogP contribution in [0, 0.1) is 0 Å². The fourth-order valence-corrected chi connectivity index (χ4v) is 3.23. The lowest BCUT2D eigenvalue weighted by Crippen LogP contribution is -2.50. The van der Waals surface area contributed by atoms with E-state index in [1.807, 2.05) is 18.2 Å². The van der Waals surface area contributed by atoms with Gasteiger partial charge in [0.05, 0.1) is 5.56 Å². The Bertz CT molecular complexity index is 880. The van der Waals surface area contributed by atoms with Crippen molar-refractivity contribution in [2.75, 3.05) is 43.2 Å². The second kappa shape index (κ2) is 7.14. The molecule has 0 aromatic heterocycles. The van der Waals surface area contributed by atoms with Gasteiger partial charge in [0, 0.05) is 43.6 Å². The Morgan fingerprint density at radius 2 is 1.71 bits per heavy atom. The maximum absolute atomic E-state index is 12.8. The van der Waals surface area contributed by atoms with Gasteiger partial charge in [-0.15, -0.1) is 0 Å². The SMILES string of the molecule is O=C(Nc1cccc(C(F)(F)F)c1)N1CCN(c2ccc3c(c2)OCO3)CC1. The Labute approximate surface area is 159 Å². The van der Waals surface area contributed by atoms with Gasteiger partial charge in [0.25, 0.3) is 0 Å². The lowest BCUT2D eigenvalue weighted by atomic mass is 10.2. The molecule has 0 aliphatic carbocycles. The molecule has 9 heteroatoms. The van der Waals surface area contributed by atoms with E-state index in [0.717, 1.165) is 17.8 Å². The normalized spacial score (nSPS) is 16.2. The van der Waals surface area contributed by atoms with E-state index in [-0.39, 0.29) is 12.5 Å². The van der Waals surface area contributed by atoms with Crippen LogP contribution < -0.4 is 19.7 Å². The molecule has 2 aromatic carbocycles. The average Bonchev–Trinajstić information content (AvgIpc) is 3.15. The highest BCUT2D eigenvalue weighted by Gasteiger charge is 2.31. The summed E-state index contributed by atoms with van der Waals surface area (Å²) >= 11 is 0. The van der Waals surface area contributed by atoms with Crippen molar-refractivity contribution in [3.05, 3.63) is 48.0 Å². The number of ether oxygens (including phenoxy) is 2. The van der Waals surface area contributed by atoms with Gasteiger partial charge in [-0.1, -0.05) is 6.07 Å². The maximum atomic E-state index is 12.8. The molecule has 0 radical (unpaired) electrons. The van der Waals surface area contributed by atoms with E-state index in [9.17, 15) is 18.0 Å². The van der Waals surface area contributed by atoms with Crippen LogP contribution in [0.5, 0.6) is 11.5 Å². The highest BCUT2D eigenvalue weighted by Crippen LogP contribution is 2.35. The maximum Gasteiger partial charge on any atom is 0.416 e. The summed E-state index contributed by atoms with van der Waals surface area (Å²) in [6, 6.07) is 9.90. The van der Waals surface area contributed by atoms with E-state index in [0.29, 0.717) is 37.7 Å². The highest BCUT2D eigenvalue weighted by atomic mass is 19.4. The van der Waals surface area contributed by atoms with Crippen molar-refractivity contribution in [3.63, 3.8) is 0 Å². The van der Waals surface area contributed by atoms with Crippen molar-refractivity contribution in [3.8, 4) is 11.5 Å². The number of nitrogens with zero attached hydrogens (tertiary/aromatic N) is 2. The Balaban J connectivity index is 1.35. The molecule has 2 heterocycles. The van der Waals surface area contributed by atoms with Gasteiger partial charge in [-0.25, -0.2) is 4.79 Å². The van der Waals surface area contributed by atoms with Gasteiger partial charge in [0.1, 0.15) is 0 Å². The molecule has 148 valence electrons. The molecule has 2 amide bonds. The number of carbonyl (C=O) groups is 1. The number of urea groups is 1. The van der Waals surface area contributed by atoms with Crippen LogP contribution in [0.4, 0.5) is 29.3 Å². The zero-order chi connectivity index (χ0) is 19.7. The molecule has 2 aliphatic heterocycles. The van der Waals surface area contributed by atoms with Crippen LogP contribution in [0.15, 0.2) is 42.5 Å². The minimum absolute atomic E-state index is 0.123. The molecule has 28 heavy (non-hydrogen) atoms. The Kier molecular flexibility index (Phi) is 4.66. The van der Waals surface area contributed by atoms with Gasteiger partial charge in [0.2, 0.25) is 6.79 Å². The number of alkyl halides is 3. The molecule has 6 nitrogen and oxygen atoms in total. The summed E-state index contributed by atoms with van der Waals surface area (Å²) < 4.78 is 49.1. The molecular weight excluding hydrogens is 375 g/mol. The summed E-state index contributed by atoms with van der Waals surface area (Å²) in [5.41, 5.74) is 0.304. The number of halogens is 3. The van der Waals surface area contributed by atoms with Crippen molar-refractivity contribution in [1.82, 2.24) is 4.90 Å². The van der Waals surface area contributed by atoms with E-state index >= 15 is 0 Å². The first-order chi connectivity index (χ1) is 13.4. The third kappa shape index (κ3) is 3.78. The second-order valence-corrected chi connectivity index (χ2v) is 6.52. The topological polar surface area (TPSA) is 54.0 Å². The number of carbonyl (C=O) groups excluding carboxylic acids is 1. The summed E-state index contributed by atoms with van der Waals surface area (Å²) in [4.78, 5) is 16.1. The lowest BCUT2D eigenvalue weighted by molar-refractivity contribution is -0.137. The van der Waals surface area contributed by atoms with Gasteiger partial charge in [-0.2, -0.15) is 13.2 Å². The number of anilines is 2. The van der Waals surface area contributed by atoms with Crippen molar-refractivity contribution < 1.29 is 27.4 Å². The number of hydrogen-bond donors (Lipinski definition) is 1. The van der Waals surface area contributed by atoms with E-state index in [1.54, 1.807) is 4.90 Å². The summed E-state index contributed by atoms with van der Waals surface area (Å²) in [5, 5.41) is 2.54. The summed E-state index contributed by atoms with van der Waals surface area (Å²) in [7, 11) is 0. The van der Waals surface area contributed by atoms with Gasteiger partial charge >= 0.3 is 12.2 Å². The molecule has 2 aromatic rings. The van der Waals surface area contributed by atoms with Crippen molar-refractivity contribution in [2.24, 2.45) is 0 Å². The minimum atomic E-state index is -4.45. The molecule has 1 saturated heterocycles. The highest BCUT2D eigenvalue weighted by molar-refractivity contribution is 5.89. The molecule has 2 aliphatic rings. The summed E-state index contributed by atoms with van der Waals surface area (Å²) in [6.45, 7) is 2.34. The molecule has 1 N–H and O–H groups in total. The average molecular weight is 393 g/mol. The fourth-order valence-electron chi connectivity index (χ4n) is 3.23. The quantitative estimate of drug-likeness (QED) is 0.844. The number of piperazine rings is 1. The zero-order valence-corrected chi connectivity index (χ0v) is 14.8. The van der Waals surface area contributed by atoms with Crippen LogP contribution in [0.1, 0.15) is 5.56 Å². The summed E-state index contributed by atoms with van der Waals surface area (Å²) in [5.74, 6) is 1.41. The second-order valence-electron chi connectivity index (χ2n) is 6.52. The van der Waals surface area contributed by atoms with E-state index < -0.39 is 17.8 Å². The van der Waals surface area contributed by atoms with Crippen molar-refractivity contribution in [2.45, 2.75) is 6.18 Å². The minimum Gasteiger partial charge on any atom is -0.454 e. The molecular formula is C19H18F3N3O3. The number of hydrogen-bond acceptors (Lipinski definition) is 4. The Hall–Kier alpha value is -3.10. The number of benzene rings is 2. The predicted octanol–water partition coefficient (Wildman–Crippen LogP) is 3.79. The molecule has 4 rings (SSSR count). The van der Waals surface area contributed by atoms with Crippen molar-refractivity contribution >= 4 is 17.4 Å². The van der Waals surface area contributed by atoms with Crippen LogP contribution in [0.2, 0.25) is 0 Å². The van der Waals surface area contributed by atoms with E-state index in [1.165, 1.54) is 12.1 Å². The number of amides is 2. The van der Waals surface area contributed by atoms with Gasteiger partial charge in [-0.3, -0.25) is 0 Å². The Morgan fingerprint density at radius 1 is 0.964 bits per heavy atom. The third-order valence-corrected chi connectivity index (χ3v) is 4.73. The van der Waals surface area contributed by atoms with Gasteiger partial charge in [0.15, 0.2) is 11.5 Å². The smallest absolute Gasteiger partial charge is 0.416 e. The first-order valence-electron chi connectivity index (χ1n) is 8.78. The van der Waals surface area contributed by atoms with E-state index in [4.69, 9.17) is 9.47 Å². The third-order valence-electron chi connectivity index (χ3n) is 4.73. The molecule has 0 atom stereocenters. The molecule has 0 saturated carbocycles. The van der Waals surface area contributed by atoms with Crippen LogP contribution >= 0.6 is 0 Å². The first-order valence-corrected chi connectivity index (χ1v) is 8.78. The molecule has 1 fully saturated rings. The largest absolute Gasteiger partial charge is 0.454 e. The van der Waals surface area contributed by atoms with Crippen LogP contribution in [-0.4, -0.2) is 43.9 Å². The van der Waals surface area contributed by atoms with Crippen molar-refractivity contribution in [1.29, 1.82) is 0 Å². The number of nitrogens with one attached hydrogen (secondary N) is 1. The van der Waals surface area contributed by atoms with E-state index in [2.05, 4.69) is 10.2 Å². The fraction of sp³-hybridized carbons (Fsp3) is 0.316. The molecule has 0 bridgehead atoms. The molecule has 0 unspecified atom stereocenters. The van der Waals surface area contributed by atoms with Gasteiger partial charge < -0.3 is 24.6 Å². The Morgan fingerprint density at radius 3 is 2.46 bits per heavy atom. The number of fused-ring (bicyclic) bond motifs is 1. The van der Waals surface area contributed by atoms with Gasteiger partial charge in [-0.05, 0) is 30.3 Å². The lowest BCUT2D eigenvalue weighted by Gasteiger charge is -2.36. The standard InChI is InChI=1S/C19H18F3N3O3/c20-19(21,22)13-2-1-3-14(10-13)23-18(26)25-8-6-24(7-9-25)15-4-5-16-17(11-15)28-12-27-16/h1-5,10-11H,6-9,12H2,(H,23,26). The molecule has 0 spiro atoms. The van der Waals surface area contributed by atoms with Crippen LogP contribution in [0.3, 0.4) is 0 Å². The first kappa shape index (κ1) is 18.3. The van der Waals surface area contributed by atoms with Crippen LogP contribution in [0.25, 0.3) is 0 Å². The van der Waals surface area contributed by atoms with Crippen LogP contribution in [-0.2, 0) is 6.18 Å². The zero-order valence-electron chi connectivity index (χ0n) is 14.8.